The van der Waals surface area contributed by atoms with Gasteiger partial charge in [0, 0.05) is 15.2 Å². The van der Waals surface area contributed by atoms with Gasteiger partial charge in [-0.25, -0.2) is 0 Å². The molecule has 0 atom stereocenters. The Balaban J connectivity index is 1.42. The molecular formula is C26H19BrCl2N2O5S. The third-order valence-corrected chi connectivity index (χ3v) is 7.56. The standard InChI is InChI=1S/C26H19BrCl2N2O5S/c1-35-22-10-16(4-9-21(22)36-14-15-2-5-17(28)6-3-15)11-23-25(33)31(26(34)37-23)13-24(32)30-18-7-8-19(27)20(29)12-18/h2-12H,13-14H2,1H3,(H,30,32)/b23-11+. The van der Waals surface area contributed by atoms with Gasteiger partial charge >= 0.3 is 0 Å². The molecule has 1 heterocycles. The number of imide groups is 1. The molecule has 0 spiro atoms. The molecule has 3 aromatic carbocycles. The number of hydrogen-bond donors (Lipinski definition) is 1. The lowest BCUT2D eigenvalue weighted by Crippen LogP contribution is -2.36. The second-order valence-electron chi connectivity index (χ2n) is 7.77. The monoisotopic (exact) mass is 620 g/mol. The summed E-state index contributed by atoms with van der Waals surface area (Å²) in [5.74, 6) is -0.0892. The Morgan fingerprint density at radius 1 is 1.05 bits per heavy atom. The second-order valence-corrected chi connectivity index (χ2v) is 10.5. The molecule has 7 nitrogen and oxygen atoms in total. The molecule has 37 heavy (non-hydrogen) atoms. The predicted molar refractivity (Wildman–Crippen MR) is 149 cm³/mol. The fourth-order valence-electron chi connectivity index (χ4n) is 3.34. The van der Waals surface area contributed by atoms with E-state index in [1.165, 1.54) is 7.11 Å². The summed E-state index contributed by atoms with van der Waals surface area (Å²) in [6.45, 7) is -0.100. The molecule has 190 valence electrons. The Hall–Kier alpha value is -2.98. The number of nitrogens with one attached hydrogen (secondary N) is 1. The fourth-order valence-corrected chi connectivity index (χ4v) is 4.73. The van der Waals surface area contributed by atoms with Gasteiger partial charge in [0.25, 0.3) is 11.1 Å². The van der Waals surface area contributed by atoms with Crippen LogP contribution in [0.2, 0.25) is 10.0 Å². The molecule has 0 saturated carbocycles. The van der Waals surface area contributed by atoms with E-state index in [2.05, 4.69) is 21.2 Å². The summed E-state index contributed by atoms with van der Waals surface area (Å²) in [7, 11) is 1.51. The number of benzene rings is 3. The molecule has 0 aliphatic carbocycles. The average molecular weight is 622 g/mol. The molecular weight excluding hydrogens is 603 g/mol. The van der Waals surface area contributed by atoms with Crippen molar-refractivity contribution in [3.05, 3.63) is 91.2 Å². The normalized spacial score (nSPS) is 14.3. The van der Waals surface area contributed by atoms with Gasteiger partial charge in [-0.1, -0.05) is 41.4 Å². The van der Waals surface area contributed by atoms with E-state index in [1.54, 1.807) is 54.6 Å². The van der Waals surface area contributed by atoms with Crippen LogP contribution < -0.4 is 14.8 Å². The summed E-state index contributed by atoms with van der Waals surface area (Å²) in [6.07, 6.45) is 1.57. The van der Waals surface area contributed by atoms with Crippen molar-refractivity contribution in [1.82, 2.24) is 4.90 Å². The van der Waals surface area contributed by atoms with Crippen LogP contribution in [0.15, 0.2) is 70.0 Å². The lowest BCUT2D eigenvalue weighted by atomic mass is 10.1. The first-order chi connectivity index (χ1) is 17.7. The Morgan fingerprint density at radius 3 is 2.51 bits per heavy atom. The topological polar surface area (TPSA) is 84.9 Å². The van der Waals surface area contributed by atoms with E-state index in [4.69, 9.17) is 32.7 Å². The highest BCUT2D eigenvalue weighted by Gasteiger charge is 2.36. The van der Waals surface area contributed by atoms with Crippen molar-refractivity contribution in [3.8, 4) is 11.5 Å². The van der Waals surface area contributed by atoms with E-state index in [9.17, 15) is 14.4 Å². The quantitative estimate of drug-likeness (QED) is 0.272. The van der Waals surface area contributed by atoms with Gasteiger partial charge in [-0.05, 0) is 87.4 Å². The van der Waals surface area contributed by atoms with E-state index >= 15 is 0 Å². The molecule has 4 rings (SSSR count). The third-order valence-electron chi connectivity index (χ3n) is 5.17. The summed E-state index contributed by atoms with van der Waals surface area (Å²) in [5, 5.41) is 3.17. The Labute approximate surface area is 235 Å². The molecule has 3 aromatic rings. The van der Waals surface area contributed by atoms with E-state index in [0.29, 0.717) is 43.9 Å². The zero-order valence-corrected chi connectivity index (χ0v) is 23.2. The van der Waals surface area contributed by atoms with Crippen molar-refractivity contribution >= 4 is 79.7 Å². The van der Waals surface area contributed by atoms with Gasteiger partial charge in [0.1, 0.15) is 13.2 Å². The minimum Gasteiger partial charge on any atom is -0.493 e. The van der Waals surface area contributed by atoms with E-state index < -0.39 is 23.6 Å². The van der Waals surface area contributed by atoms with Crippen molar-refractivity contribution in [3.63, 3.8) is 0 Å². The summed E-state index contributed by atoms with van der Waals surface area (Å²) < 4.78 is 12.0. The van der Waals surface area contributed by atoms with E-state index in [0.717, 1.165) is 22.2 Å². The SMILES string of the molecule is COc1cc(/C=C2/SC(=O)N(CC(=O)Nc3ccc(Br)c(Cl)c3)C2=O)ccc1OCc1ccc(Cl)cc1. The van der Waals surface area contributed by atoms with Gasteiger partial charge < -0.3 is 14.8 Å². The van der Waals surface area contributed by atoms with Crippen molar-refractivity contribution < 1.29 is 23.9 Å². The zero-order chi connectivity index (χ0) is 26.5. The van der Waals surface area contributed by atoms with Gasteiger partial charge in [0.05, 0.1) is 17.0 Å². The Morgan fingerprint density at radius 2 is 1.81 bits per heavy atom. The van der Waals surface area contributed by atoms with Gasteiger partial charge in [-0.2, -0.15) is 0 Å². The van der Waals surface area contributed by atoms with Crippen LogP contribution in [0.1, 0.15) is 11.1 Å². The smallest absolute Gasteiger partial charge is 0.294 e. The summed E-state index contributed by atoms with van der Waals surface area (Å²) in [4.78, 5) is 38.8. The summed E-state index contributed by atoms with van der Waals surface area (Å²) in [5.41, 5.74) is 2.03. The first-order valence-electron chi connectivity index (χ1n) is 10.8. The number of carbonyl (C=O) groups is 3. The molecule has 11 heteroatoms. The first kappa shape index (κ1) is 27.1. The number of ether oxygens (including phenoxy) is 2. The van der Waals surface area contributed by atoms with Gasteiger partial charge in [-0.3, -0.25) is 19.3 Å². The highest BCUT2D eigenvalue weighted by Crippen LogP contribution is 2.35. The minimum absolute atomic E-state index is 0.196. The van der Waals surface area contributed by atoms with Crippen LogP contribution in [0.4, 0.5) is 10.5 Å². The molecule has 1 aliphatic heterocycles. The minimum atomic E-state index is -0.555. The maximum atomic E-state index is 12.9. The van der Waals surface area contributed by atoms with E-state index in [-0.39, 0.29) is 4.91 Å². The Kier molecular flexibility index (Phi) is 8.81. The highest BCUT2D eigenvalue weighted by molar-refractivity contribution is 9.10. The summed E-state index contributed by atoms with van der Waals surface area (Å²) >= 11 is 16.0. The molecule has 0 radical (unpaired) electrons. The van der Waals surface area contributed by atoms with Crippen LogP contribution in [0.25, 0.3) is 6.08 Å². The van der Waals surface area contributed by atoms with Crippen LogP contribution in [-0.4, -0.2) is 35.6 Å². The highest BCUT2D eigenvalue weighted by atomic mass is 79.9. The molecule has 1 aliphatic rings. The van der Waals surface area contributed by atoms with E-state index in [1.807, 2.05) is 12.1 Å². The first-order valence-corrected chi connectivity index (χ1v) is 13.2. The van der Waals surface area contributed by atoms with Crippen molar-refractivity contribution in [2.45, 2.75) is 6.61 Å². The fraction of sp³-hybridized carbons (Fsp3) is 0.115. The number of amides is 3. The maximum absolute atomic E-state index is 12.9. The number of nitrogens with zero attached hydrogens (tertiary/aromatic N) is 1. The molecule has 1 N–H and O–H groups in total. The zero-order valence-electron chi connectivity index (χ0n) is 19.3. The largest absolute Gasteiger partial charge is 0.493 e. The lowest BCUT2D eigenvalue weighted by molar-refractivity contribution is -0.127. The number of anilines is 1. The number of methoxy groups -OCH3 is 1. The average Bonchev–Trinajstić information content (AvgIpc) is 3.13. The molecule has 0 unspecified atom stereocenters. The molecule has 1 saturated heterocycles. The predicted octanol–water partition coefficient (Wildman–Crippen LogP) is 7.02. The van der Waals surface area contributed by atoms with Crippen molar-refractivity contribution in [2.75, 3.05) is 19.0 Å². The molecule has 0 aromatic heterocycles. The molecule has 3 amide bonds. The van der Waals surface area contributed by atoms with Crippen LogP contribution in [0.3, 0.4) is 0 Å². The van der Waals surface area contributed by atoms with Crippen LogP contribution in [0, 0.1) is 0 Å². The van der Waals surface area contributed by atoms with Crippen LogP contribution in [-0.2, 0) is 16.2 Å². The number of halogens is 3. The number of hydrogen-bond acceptors (Lipinski definition) is 6. The van der Waals surface area contributed by atoms with Gasteiger partial charge in [0.2, 0.25) is 5.91 Å². The summed E-state index contributed by atoms with van der Waals surface area (Å²) in [6, 6.07) is 17.4. The third kappa shape index (κ3) is 6.87. The van der Waals surface area contributed by atoms with Crippen molar-refractivity contribution in [1.29, 1.82) is 0 Å². The van der Waals surface area contributed by atoms with Gasteiger partial charge in [-0.15, -0.1) is 0 Å². The molecule has 0 bridgehead atoms. The number of carbonyl (C=O) groups excluding carboxylic acids is 3. The van der Waals surface area contributed by atoms with Crippen molar-refractivity contribution in [2.24, 2.45) is 0 Å². The maximum Gasteiger partial charge on any atom is 0.294 e. The Bertz CT molecular complexity index is 1400. The lowest BCUT2D eigenvalue weighted by Gasteiger charge is -2.13. The second kappa shape index (κ2) is 12.0. The van der Waals surface area contributed by atoms with Gasteiger partial charge in [0.15, 0.2) is 11.5 Å². The van der Waals surface area contributed by atoms with Crippen LogP contribution in [0.5, 0.6) is 11.5 Å². The molecule has 1 fully saturated rings. The number of rotatable bonds is 8. The van der Waals surface area contributed by atoms with Crippen LogP contribution >= 0.6 is 50.9 Å². The number of thioether (sulfide) groups is 1.